The Kier molecular flexibility index (Phi) is 14.3. The first-order chi connectivity index (χ1) is 53.3. The van der Waals surface area contributed by atoms with Gasteiger partial charge in [0.2, 0.25) is 0 Å². The molecule has 0 saturated heterocycles. The van der Waals surface area contributed by atoms with Crippen LogP contribution in [0.5, 0.6) is 0 Å². The van der Waals surface area contributed by atoms with E-state index < -0.39 is 10.8 Å². The van der Waals surface area contributed by atoms with Gasteiger partial charge in [-0.3, -0.25) is 0 Å². The molecule has 0 spiro atoms. The average molecular weight is 1380 g/mol. The van der Waals surface area contributed by atoms with Crippen molar-refractivity contribution in [3.8, 4) is 126 Å². The Morgan fingerprint density at radius 2 is 0.620 bits per heavy atom. The van der Waals surface area contributed by atoms with Gasteiger partial charge in [0.25, 0.3) is 0 Å². The van der Waals surface area contributed by atoms with Crippen LogP contribution in [0.3, 0.4) is 0 Å². The van der Waals surface area contributed by atoms with Gasteiger partial charge in [-0.25, -0.2) is 29.9 Å². The number of hydrogen-bond acceptors (Lipinski definition) is 12. The van der Waals surface area contributed by atoms with Crippen LogP contribution < -0.4 is 0 Å². The molecule has 18 aromatic rings. The lowest BCUT2D eigenvalue weighted by Gasteiger charge is -2.34. The van der Waals surface area contributed by atoms with Crippen LogP contribution in [-0.2, 0) is 10.8 Å². The van der Waals surface area contributed by atoms with E-state index in [1.54, 1.807) is 6.07 Å². The summed E-state index contributed by atoms with van der Waals surface area (Å²) in [6, 6.07) is 115. The van der Waals surface area contributed by atoms with Gasteiger partial charge in [-0.2, -0.15) is 21.0 Å². The lowest BCUT2D eigenvalue weighted by molar-refractivity contribution is 0.668. The fraction of sp³-hybridized carbons (Fsp3) is 0.0208. The summed E-state index contributed by atoms with van der Waals surface area (Å²) < 4.78 is 13.4. The monoisotopic (exact) mass is 1380 g/mol. The highest BCUT2D eigenvalue weighted by Crippen LogP contribution is 2.62. The molecule has 12 nitrogen and oxygen atoms in total. The molecule has 4 heterocycles. The SMILES string of the molecule is N#Cc1ccc2c(c1)C(c1ccccc1)(c1ccc(-c3nc(-c4ccccc4)nc(-c4ccccc4)n3)cc1)c1ccc3oc4cc(-c5ccc(-c6nc(-c7ccccc7)nc(-c7ccc(C8(c9ccccc9)c9cccc(C#N)c9-c9c8ccc8oc%10ccc(C#N)cc%10c98)cc7)n6)cc5)c(C#N)cc4c3c1-2. The van der Waals surface area contributed by atoms with E-state index >= 15 is 0 Å². The Bertz CT molecular complexity index is 6880. The van der Waals surface area contributed by atoms with Crippen LogP contribution in [0, 0.1) is 45.3 Å². The minimum atomic E-state index is -0.921. The van der Waals surface area contributed by atoms with Crippen molar-refractivity contribution in [2.24, 2.45) is 0 Å². The summed E-state index contributed by atoms with van der Waals surface area (Å²) in [5, 5.41) is 46.2. The molecule has 0 bridgehead atoms. The number of furan rings is 2. The van der Waals surface area contributed by atoms with Crippen LogP contribution in [-0.4, -0.2) is 29.9 Å². The van der Waals surface area contributed by atoms with Gasteiger partial charge in [0.1, 0.15) is 22.3 Å². The zero-order chi connectivity index (χ0) is 72.2. The highest BCUT2D eigenvalue weighted by Gasteiger charge is 2.50. The molecular formula is C96H52N10O2. The Morgan fingerprint density at radius 1 is 0.241 bits per heavy atom. The molecule has 12 heteroatoms. The number of nitriles is 4. The van der Waals surface area contributed by atoms with Gasteiger partial charge < -0.3 is 8.83 Å². The van der Waals surface area contributed by atoms with E-state index in [0.717, 1.165) is 127 Å². The summed E-state index contributed by atoms with van der Waals surface area (Å²) in [6.07, 6.45) is 0. The number of nitrogens with zero attached hydrogens (tertiary/aromatic N) is 10. The number of fused-ring (bicyclic) bond motifs is 14. The molecule has 0 amide bonds. The highest BCUT2D eigenvalue weighted by atomic mass is 16.3. The third-order valence-electron chi connectivity index (χ3n) is 21.5. The van der Waals surface area contributed by atoms with Crippen molar-refractivity contribution in [1.82, 2.24) is 29.9 Å². The van der Waals surface area contributed by atoms with Gasteiger partial charge in [-0.05, 0) is 127 Å². The molecule has 498 valence electrons. The van der Waals surface area contributed by atoms with E-state index in [4.69, 9.17) is 38.7 Å². The number of aromatic nitrogens is 6. The first-order valence-corrected chi connectivity index (χ1v) is 35.4. The molecule has 4 aromatic heterocycles. The van der Waals surface area contributed by atoms with E-state index in [0.29, 0.717) is 85.1 Å². The van der Waals surface area contributed by atoms with Gasteiger partial charge in [-0.15, -0.1) is 0 Å². The predicted molar refractivity (Wildman–Crippen MR) is 419 cm³/mol. The predicted octanol–water partition coefficient (Wildman–Crippen LogP) is 21.7. The summed E-state index contributed by atoms with van der Waals surface area (Å²) in [5.41, 5.74) is 20.6. The average Bonchev–Trinajstić information content (AvgIpc) is 1.52. The smallest absolute Gasteiger partial charge is 0.164 e. The van der Waals surface area contributed by atoms with Crippen molar-refractivity contribution in [3.63, 3.8) is 0 Å². The zero-order valence-corrected chi connectivity index (χ0v) is 57.3. The van der Waals surface area contributed by atoms with E-state index in [1.165, 1.54) is 0 Å². The number of benzene rings is 14. The van der Waals surface area contributed by atoms with Crippen LogP contribution in [0.4, 0.5) is 0 Å². The maximum atomic E-state index is 11.3. The van der Waals surface area contributed by atoms with Crippen molar-refractivity contribution >= 4 is 43.9 Å². The minimum Gasteiger partial charge on any atom is -0.456 e. The normalized spacial score (nSPS) is 14.5. The fourth-order valence-corrected chi connectivity index (χ4v) is 16.8. The molecule has 14 aromatic carbocycles. The number of hydrogen-bond donors (Lipinski definition) is 0. The van der Waals surface area contributed by atoms with Crippen LogP contribution in [0.1, 0.15) is 66.8 Å². The van der Waals surface area contributed by atoms with Gasteiger partial charge in [-0.1, -0.05) is 255 Å². The molecule has 0 radical (unpaired) electrons. The standard InChI is InChI=1S/C96H52N10O2/c97-53-57-30-46-80-74(49-57)87-82(107-80)48-45-78-88(87)84-66(55-99)23-16-28-76(84)95(78,68-24-12-4-13-25-68)70-39-35-64(36-40-70)94-105-91(62-21-10-3-11-22-62)102-92(106-94)63-33-31-59(32-34-63)73-52-83-75(51-67(73)56-100)86-81(108-83)47-44-77-85(86)72-43-29-58(54-98)50-79(72)96(77,69-26-14-5-15-27-69)71-41-37-65(38-42-71)93-103-89(60-17-6-1-7-18-60)101-90(104-93)61-19-8-2-9-20-61/h1-52H. The van der Waals surface area contributed by atoms with Gasteiger partial charge >= 0.3 is 0 Å². The van der Waals surface area contributed by atoms with Crippen molar-refractivity contribution in [1.29, 1.82) is 21.0 Å². The lowest BCUT2D eigenvalue weighted by atomic mass is 9.67. The molecule has 2 aliphatic rings. The van der Waals surface area contributed by atoms with Crippen LogP contribution >= 0.6 is 0 Å². The van der Waals surface area contributed by atoms with Crippen molar-refractivity contribution in [2.75, 3.05) is 0 Å². The van der Waals surface area contributed by atoms with Crippen LogP contribution in [0.15, 0.2) is 324 Å². The summed E-state index contributed by atoms with van der Waals surface area (Å²) in [6.45, 7) is 0. The fourth-order valence-electron chi connectivity index (χ4n) is 16.8. The molecule has 108 heavy (non-hydrogen) atoms. The Morgan fingerprint density at radius 3 is 1.11 bits per heavy atom. The molecule has 0 N–H and O–H groups in total. The molecular weight excluding hydrogens is 1330 g/mol. The Labute approximate surface area is 619 Å². The second-order valence-electron chi connectivity index (χ2n) is 27.1. The minimum absolute atomic E-state index is 0.457. The number of rotatable bonds is 11. The highest BCUT2D eigenvalue weighted by molar-refractivity contribution is 6.18. The Balaban J connectivity index is 0.683. The van der Waals surface area contributed by atoms with Crippen LogP contribution in [0.2, 0.25) is 0 Å². The van der Waals surface area contributed by atoms with E-state index in [2.05, 4.69) is 133 Å². The van der Waals surface area contributed by atoms with Crippen molar-refractivity contribution in [3.05, 3.63) is 382 Å². The topological polar surface area (TPSA) is 199 Å². The third-order valence-corrected chi connectivity index (χ3v) is 21.5. The van der Waals surface area contributed by atoms with Crippen molar-refractivity contribution in [2.45, 2.75) is 10.8 Å². The molecule has 0 fully saturated rings. The largest absolute Gasteiger partial charge is 0.456 e. The van der Waals surface area contributed by atoms with E-state index in [1.807, 2.05) is 200 Å². The molecule has 2 unspecified atom stereocenters. The zero-order valence-electron chi connectivity index (χ0n) is 57.3. The van der Waals surface area contributed by atoms with E-state index in [9.17, 15) is 21.0 Å². The maximum Gasteiger partial charge on any atom is 0.164 e. The molecule has 2 aliphatic carbocycles. The van der Waals surface area contributed by atoms with Crippen molar-refractivity contribution < 1.29 is 8.83 Å². The third kappa shape index (κ3) is 9.52. The lowest BCUT2D eigenvalue weighted by Crippen LogP contribution is -2.28. The van der Waals surface area contributed by atoms with Crippen LogP contribution in [0.25, 0.3) is 146 Å². The van der Waals surface area contributed by atoms with E-state index in [-0.39, 0.29) is 0 Å². The second kappa shape index (κ2) is 24.7. The van der Waals surface area contributed by atoms with Gasteiger partial charge in [0.05, 0.1) is 57.4 Å². The summed E-state index contributed by atoms with van der Waals surface area (Å²) in [4.78, 5) is 30.6. The van der Waals surface area contributed by atoms with Gasteiger partial charge in [0, 0.05) is 66.1 Å². The molecule has 2 atom stereocenters. The summed E-state index contributed by atoms with van der Waals surface area (Å²) in [7, 11) is 0. The first-order valence-electron chi connectivity index (χ1n) is 35.4. The Hall–Kier alpha value is -15.3. The molecule has 20 rings (SSSR count). The molecule has 0 saturated carbocycles. The maximum absolute atomic E-state index is 11.3. The summed E-state index contributed by atoms with van der Waals surface area (Å²) in [5.74, 6) is 3.09. The quantitative estimate of drug-likeness (QED) is 0.119. The molecule has 0 aliphatic heterocycles. The summed E-state index contributed by atoms with van der Waals surface area (Å²) >= 11 is 0. The first kappa shape index (κ1) is 62.4. The second-order valence-corrected chi connectivity index (χ2v) is 27.1. The van der Waals surface area contributed by atoms with Gasteiger partial charge in [0.15, 0.2) is 34.9 Å².